The van der Waals surface area contributed by atoms with Gasteiger partial charge in [0.25, 0.3) is 5.69 Å². The number of nitrogens with zero attached hydrogens (tertiary/aromatic N) is 1. The molecule has 0 amide bonds. The first-order valence-electron chi connectivity index (χ1n) is 2.92. The molecule has 0 aliphatic carbocycles. The van der Waals surface area contributed by atoms with E-state index >= 15 is 0 Å². The maximum Gasteiger partial charge on any atom is 0.274 e. The van der Waals surface area contributed by atoms with Crippen molar-refractivity contribution < 1.29 is 4.92 Å². The van der Waals surface area contributed by atoms with E-state index in [1.165, 1.54) is 11.9 Å². The van der Waals surface area contributed by atoms with Crippen LogP contribution in [0, 0.1) is 16.0 Å². The fourth-order valence-electron chi connectivity index (χ4n) is 0.746. The average molecular weight is 171 g/mol. The lowest BCUT2D eigenvalue weighted by atomic mass is 10.2. The molecule has 1 radical (unpaired) electrons. The summed E-state index contributed by atoms with van der Waals surface area (Å²) in [5.74, 6) is 1.19. The van der Waals surface area contributed by atoms with Gasteiger partial charge in [-0.3, -0.25) is 10.1 Å². The number of hydrogen-bond acceptors (Lipinski definition) is 2. The molecule has 1 rings (SSSR count). The van der Waals surface area contributed by atoms with Crippen molar-refractivity contribution in [3.63, 3.8) is 0 Å². The summed E-state index contributed by atoms with van der Waals surface area (Å²) >= 11 is 5.35. The molecule has 0 bridgehead atoms. The average Bonchev–Trinajstić information content (AvgIpc) is 2.04. The summed E-state index contributed by atoms with van der Waals surface area (Å²) in [7, 11) is 0. The van der Waals surface area contributed by atoms with Crippen LogP contribution in [0.2, 0.25) is 0 Å². The molecule has 3 nitrogen and oxygen atoms in total. The molecule has 4 heteroatoms. The van der Waals surface area contributed by atoms with Crippen molar-refractivity contribution in [3.8, 4) is 0 Å². The number of nitro groups is 1. The Morgan fingerprint density at radius 1 is 1.45 bits per heavy atom. The van der Waals surface area contributed by atoms with Crippen LogP contribution in [0.3, 0.4) is 0 Å². The van der Waals surface area contributed by atoms with Crippen LogP contribution >= 0.6 is 11.6 Å². The molecule has 0 spiro atoms. The molecule has 0 unspecified atom stereocenters. The molecule has 0 aliphatic heterocycles. The zero-order valence-electron chi connectivity index (χ0n) is 5.53. The molecular weight excluding hydrogens is 166 g/mol. The molecule has 0 aliphatic rings. The Kier molecular flexibility index (Phi) is 2.44. The Morgan fingerprint density at radius 2 is 2.09 bits per heavy atom. The summed E-state index contributed by atoms with van der Waals surface area (Å²) in [6.07, 6.45) is 0. The topological polar surface area (TPSA) is 43.1 Å². The van der Waals surface area contributed by atoms with Crippen molar-refractivity contribution in [2.45, 2.75) is 0 Å². The number of rotatable bonds is 2. The molecule has 0 saturated heterocycles. The second-order valence-electron chi connectivity index (χ2n) is 1.93. The van der Waals surface area contributed by atoms with E-state index < -0.39 is 4.92 Å². The van der Waals surface area contributed by atoms with Gasteiger partial charge in [0.1, 0.15) is 0 Å². The highest BCUT2D eigenvalue weighted by molar-refractivity contribution is 6.25. The Balaban J connectivity index is 3.12. The van der Waals surface area contributed by atoms with Crippen LogP contribution in [0.5, 0.6) is 0 Å². The van der Waals surface area contributed by atoms with Crippen molar-refractivity contribution in [2.24, 2.45) is 0 Å². The summed E-state index contributed by atoms with van der Waals surface area (Å²) in [5.41, 5.74) is 0.460. The van der Waals surface area contributed by atoms with E-state index in [1.54, 1.807) is 18.2 Å². The first-order valence-corrected chi connectivity index (χ1v) is 3.36. The minimum Gasteiger partial charge on any atom is -0.258 e. The summed E-state index contributed by atoms with van der Waals surface area (Å²) in [4.78, 5) is 9.84. The SMILES string of the molecule is O=[N+]([O-])c1ccccc1[CH]Cl. The van der Waals surface area contributed by atoms with Gasteiger partial charge in [-0.2, -0.15) is 0 Å². The fourth-order valence-corrected chi connectivity index (χ4v) is 0.931. The predicted octanol–water partition coefficient (Wildman–Crippen LogP) is 2.34. The predicted molar refractivity (Wildman–Crippen MR) is 42.4 cm³/mol. The van der Waals surface area contributed by atoms with E-state index in [1.807, 2.05) is 0 Å². The smallest absolute Gasteiger partial charge is 0.258 e. The molecule has 57 valence electrons. The molecule has 0 atom stereocenters. The number of benzene rings is 1. The third-order valence-corrected chi connectivity index (χ3v) is 1.49. The maximum atomic E-state index is 10.3. The van der Waals surface area contributed by atoms with E-state index in [9.17, 15) is 10.1 Å². The van der Waals surface area contributed by atoms with Crippen LogP contribution < -0.4 is 0 Å². The zero-order valence-corrected chi connectivity index (χ0v) is 6.28. The minimum atomic E-state index is -0.464. The van der Waals surface area contributed by atoms with Gasteiger partial charge in [0.05, 0.1) is 10.8 Å². The third kappa shape index (κ3) is 1.68. The number of nitro benzene ring substituents is 1. The normalized spacial score (nSPS) is 9.55. The molecule has 0 heterocycles. The first-order chi connectivity index (χ1) is 5.25. The highest BCUT2D eigenvalue weighted by atomic mass is 35.5. The fraction of sp³-hybridized carbons (Fsp3) is 0. The van der Waals surface area contributed by atoms with E-state index in [0.717, 1.165) is 0 Å². The first kappa shape index (κ1) is 8.01. The number of para-hydroxylation sites is 1. The summed E-state index contributed by atoms with van der Waals surface area (Å²) < 4.78 is 0. The van der Waals surface area contributed by atoms with Gasteiger partial charge in [-0.15, -0.1) is 11.6 Å². The molecule has 11 heavy (non-hydrogen) atoms. The number of halogens is 1. The lowest BCUT2D eigenvalue weighted by Crippen LogP contribution is -1.91. The van der Waals surface area contributed by atoms with E-state index in [-0.39, 0.29) is 5.69 Å². The molecule has 0 saturated carbocycles. The van der Waals surface area contributed by atoms with Crippen molar-refractivity contribution in [2.75, 3.05) is 0 Å². The lowest BCUT2D eigenvalue weighted by Gasteiger charge is -1.95. The Hall–Kier alpha value is -1.09. The van der Waals surface area contributed by atoms with Crippen LogP contribution in [-0.4, -0.2) is 4.92 Å². The van der Waals surface area contributed by atoms with Gasteiger partial charge in [0, 0.05) is 11.6 Å². The van der Waals surface area contributed by atoms with Crippen molar-refractivity contribution >= 4 is 17.3 Å². The van der Waals surface area contributed by atoms with Gasteiger partial charge in [-0.25, -0.2) is 0 Å². The molecule has 0 N–H and O–H groups in total. The van der Waals surface area contributed by atoms with Gasteiger partial charge in [0.2, 0.25) is 0 Å². The zero-order chi connectivity index (χ0) is 8.27. The second kappa shape index (κ2) is 3.34. The van der Waals surface area contributed by atoms with Crippen LogP contribution in [0.1, 0.15) is 5.56 Å². The standard InChI is InChI=1S/C7H5ClNO2/c8-5-6-3-1-2-4-7(6)9(10)11/h1-5H. The Bertz CT molecular complexity index is 275. The number of hydrogen-bond donors (Lipinski definition) is 0. The highest BCUT2D eigenvalue weighted by Gasteiger charge is 2.10. The largest absolute Gasteiger partial charge is 0.274 e. The second-order valence-corrected chi connectivity index (χ2v) is 2.14. The van der Waals surface area contributed by atoms with Crippen molar-refractivity contribution in [1.82, 2.24) is 0 Å². The van der Waals surface area contributed by atoms with Crippen LogP contribution in [-0.2, 0) is 0 Å². The van der Waals surface area contributed by atoms with Crippen molar-refractivity contribution in [3.05, 3.63) is 45.8 Å². The van der Waals surface area contributed by atoms with Crippen molar-refractivity contribution in [1.29, 1.82) is 0 Å². The minimum absolute atomic E-state index is 0.0301. The summed E-state index contributed by atoms with van der Waals surface area (Å²) in [6, 6.07) is 6.29. The van der Waals surface area contributed by atoms with Crippen LogP contribution in [0.25, 0.3) is 0 Å². The monoisotopic (exact) mass is 170 g/mol. The van der Waals surface area contributed by atoms with Gasteiger partial charge >= 0.3 is 0 Å². The van der Waals surface area contributed by atoms with E-state index in [4.69, 9.17) is 11.6 Å². The lowest BCUT2D eigenvalue weighted by molar-refractivity contribution is -0.385. The Morgan fingerprint density at radius 3 is 2.55 bits per heavy atom. The molecule has 1 aromatic carbocycles. The van der Waals surface area contributed by atoms with Gasteiger partial charge in [-0.1, -0.05) is 18.2 Å². The highest BCUT2D eigenvalue weighted by Crippen LogP contribution is 2.20. The van der Waals surface area contributed by atoms with Crippen LogP contribution in [0.15, 0.2) is 24.3 Å². The van der Waals surface area contributed by atoms with E-state index in [0.29, 0.717) is 5.56 Å². The van der Waals surface area contributed by atoms with Gasteiger partial charge < -0.3 is 0 Å². The van der Waals surface area contributed by atoms with Gasteiger partial charge in [0.15, 0.2) is 0 Å². The molecular formula is C7H5ClNO2. The van der Waals surface area contributed by atoms with E-state index in [2.05, 4.69) is 0 Å². The molecule has 0 aromatic heterocycles. The Labute approximate surface area is 68.8 Å². The quantitative estimate of drug-likeness (QED) is 0.505. The third-order valence-electron chi connectivity index (χ3n) is 1.25. The maximum absolute atomic E-state index is 10.3. The molecule has 0 fully saturated rings. The van der Waals surface area contributed by atoms with Crippen LogP contribution in [0.4, 0.5) is 5.69 Å². The molecule has 1 aromatic rings. The van der Waals surface area contributed by atoms with Gasteiger partial charge in [-0.05, 0) is 0 Å². The summed E-state index contributed by atoms with van der Waals surface area (Å²) in [5, 5.41) is 10.3. The summed E-state index contributed by atoms with van der Waals surface area (Å²) in [6.45, 7) is 0.